The second kappa shape index (κ2) is 4.43. The smallest absolute Gasteiger partial charge is 0.142 e. The number of aliphatic hydroxyl groups is 1. The first-order valence-corrected chi connectivity index (χ1v) is 4.01. The number of pyridine rings is 1. The first kappa shape index (κ1) is 9.49. The molecule has 0 aliphatic carbocycles. The number of aromatic nitrogens is 1. The molecule has 1 unspecified atom stereocenters. The summed E-state index contributed by atoms with van der Waals surface area (Å²) in [5, 5.41) is 20.4. The van der Waals surface area contributed by atoms with Crippen LogP contribution < -0.4 is 5.32 Å². The van der Waals surface area contributed by atoms with E-state index in [0.717, 1.165) is 0 Å². The normalized spacial score (nSPS) is 11.8. The number of hydrogen-bond acceptors (Lipinski definition) is 4. The maximum atomic E-state index is 8.98. The SMILES string of the molecule is CC(O)CNc1cccc(C#N)n1. The lowest BCUT2D eigenvalue weighted by Gasteiger charge is -2.06. The van der Waals surface area contributed by atoms with Gasteiger partial charge in [0.2, 0.25) is 0 Å². The summed E-state index contributed by atoms with van der Waals surface area (Å²) < 4.78 is 0. The van der Waals surface area contributed by atoms with Crippen molar-refractivity contribution in [3.8, 4) is 6.07 Å². The molecule has 1 aromatic rings. The molecular weight excluding hydrogens is 166 g/mol. The summed E-state index contributed by atoms with van der Waals surface area (Å²) in [5.41, 5.74) is 0.371. The van der Waals surface area contributed by atoms with Gasteiger partial charge >= 0.3 is 0 Å². The van der Waals surface area contributed by atoms with E-state index in [9.17, 15) is 0 Å². The zero-order valence-corrected chi connectivity index (χ0v) is 7.36. The number of nitrogens with one attached hydrogen (secondary N) is 1. The Morgan fingerprint density at radius 2 is 2.46 bits per heavy atom. The number of nitrogens with zero attached hydrogens (tertiary/aromatic N) is 2. The molecule has 1 aromatic heterocycles. The number of aliphatic hydroxyl groups excluding tert-OH is 1. The monoisotopic (exact) mass is 177 g/mol. The number of rotatable bonds is 3. The Morgan fingerprint density at radius 1 is 1.69 bits per heavy atom. The van der Waals surface area contributed by atoms with Crippen molar-refractivity contribution in [3.05, 3.63) is 23.9 Å². The molecule has 1 atom stereocenters. The van der Waals surface area contributed by atoms with Crippen LogP contribution in [0.25, 0.3) is 0 Å². The van der Waals surface area contributed by atoms with Gasteiger partial charge in [0.1, 0.15) is 17.6 Å². The Morgan fingerprint density at radius 3 is 3.08 bits per heavy atom. The molecular formula is C9H11N3O. The van der Waals surface area contributed by atoms with Gasteiger partial charge in [-0.25, -0.2) is 4.98 Å². The lowest BCUT2D eigenvalue weighted by molar-refractivity contribution is 0.208. The van der Waals surface area contributed by atoms with Crippen LogP contribution in [0, 0.1) is 11.3 Å². The minimum absolute atomic E-state index is 0.371. The highest BCUT2D eigenvalue weighted by molar-refractivity contribution is 5.38. The van der Waals surface area contributed by atoms with E-state index in [2.05, 4.69) is 10.3 Å². The molecule has 0 saturated carbocycles. The minimum Gasteiger partial charge on any atom is -0.392 e. The summed E-state index contributed by atoms with van der Waals surface area (Å²) in [6.45, 7) is 2.11. The van der Waals surface area contributed by atoms with Crippen LogP contribution in [0.2, 0.25) is 0 Å². The van der Waals surface area contributed by atoms with Gasteiger partial charge in [0.25, 0.3) is 0 Å². The van der Waals surface area contributed by atoms with Crippen molar-refractivity contribution in [2.24, 2.45) is 0 Å². The van der Waals surface area contributed by atoms with E-state index < -0.39 is 6.10 Å². The third-order valence-corrected chi connectivity index (χ3v) is 1.44. The van der Waals surface area contributed by atoms with Crippen LogP contribution in [0.1, 0.15) is 12.6 Å². The average molecular weight is 177 g/mol. The maximum absolute atomic E-state index is 8.98. The lowest BCUT2D eigenvalue weighted by Crippen LogP contribution is -2.16. The molecule has 4 heteroatoms. The predicted octanol–water partition coefficient (Wildman–Crippen LogP) is 0.746. The minimum atomic E-state index is -0.424. The molecule has 0 fully saturated rings. The molecule has 1 rings (SSSR count). The summed E-state index contributed by atoms with van der Waals surface area (Å²) in [6.07, 6.45) is -0.424. The van der Waals surface area contributed by atoms with Crippen molar-refractivity contribution >= 4 is 5.82 Å². The molecule has 0 radical (unpaired) electrons. The molecule has 0 spiro atoms. The topological polar surface area (TPSA) is 68.9 Å². The van der Waals surface area contributed by atoms with E-state index in [4.69, 9.17) is 10.4 Å². The molecule has 0 aromatic carbocycles. The Kier molecular flexibility index (Phi) is 3.23. The highest BCUT2D eigenvalue weighted by Crippen LogP contribution is 2.03. The van der Waals surface area contributed by atoms with Gasteiger partial charge < -0.3 is 10.4 Å². The Balaban J connectivity index is 2.63. The molecule has 4 nitrogen and oxygen atoms in total. The second-order valence-electron chi connectivity index (χ2n) is 2.75. The van der Waals surface area contributed by atoms with Crippen LogP contribution in [0.3, 0.4) is 0 Å². The van der Waals surface area contributed by atoms with Crippen LogP contribution in [0.15, 0.2) is 18.2 Å². The summed E-state index contributed by atoms with van der Waals surface area (Å²) in [4.78, 5) is 3.98. The number of nitriles is 1. The molecule has 2 N–H and O–H groups in total. The van der Waals surface area contributed by atoms with Gasteiger partial charge in [-0.2, -0.15) is 5.26 Å². The number of hydrogen-bond donors (Lipinski definition) is 2. The van der Waals surface area contributed by atoms with E-state index in [1.807, 2.05) is 6.07 Å². The fourth-order valence-electron chi connectivity index (χ4n) is 0.848. The van der Waals surface area contributed by atoms with Crippen LogP contribution in [-0.2, 0) is 0 Å². The molecule has 68 valence electrons. The van der Waals surface area contributed by atoms with E-state index in [1.54, 1.807) is 25.1 Å². The van der Waals surface area contributed by atoms with Crippen LogP contribution >= 0.6 is 0 Å². The van der Waals surface area contributed by atoms with Gasteiger partial charge in [-0.3, -0.25) is 0 Å². The Bertz CT molecular complexity index is 317. The van der Waals surface area contributed by atoms with Gasteiger partial charge in [-0.15, -0.1) is 0 Å². The fraction of sp³-hybridized carbons (Fsp3) is 0.333. The second-order valence-corrected chi connectivity index (χ2v) is 2.75. The van der Waals surface area contributed by atoms with Crippen LogP contribution in [0.4, 0.5) is 5.82 Å². The van der Waals surface area contributed by atoms with Gasteiger partial charge in [0.15, 0.2) is 0 Å². The van der Waals surface area contributed by atoms with E-state index in [0.29, 0.717) is 18.1 Å². The van der Waals surface area contributed by atoms with Crippen LogP contribution in [0.5, 0.6) is 0 Å². The summed E-state index contributed by atoms with van der Waals surface area (Å²) in [7, 11) is 0. The highest BCUT2D eigenvalue weighted by atomic mass is 16.3. The van der Waals surface area contributed by atoms with Crippen molar-refractivity contribution in [1.29, 1.82) is 5.26 Å². The molecule has 0 amide bonds. The van der Waals surface area contributed by atoms with Crippen LogP contribution in [-0.4, -0.2) is 22.7 Å². The Labute approximate surface area is 76.8 Å². The molecule has 0 bridgehead atoms. The Hall–Kier alpha value is -1.60. The van der Waals surface area contributed by atoms with Gasteiger partial charge in [0.05, 0.1) is 6.10 Å². The maximum Gasteiger partial charge on any atom is 0.142 e. The summed E-state index contributed by atoms with van der Waals surface area (Å²) >= 11 is 0. The lowest BCUT2D eigenvalue weighted by atomic mass is 10.3. The zero-order valence-electron chi connectivity index (χ0n) is 7.36. The first-order chi connectivity index (χ1) is 6.22. The molecule has 1 heterocycles. The van der Waals surface area contributed by atoms with E-state index >= 15 is 0 Å². The third-order valence-electron chi connectivity index (χ3n) is 1.44. The number of anilines is 1. The summed E-state index contributed by atoms with van der Waals surface area (Å²) in [5.74, 6) is 0.611. The summed E-state index contributed by atoms with van der Waals surface area (Å²) in [6, 6.07) is 7.07. The highest BCUT2D eigenvalue weighted by Gasteiger charge is 1.97. The van der Waals surface area contributed by atoms with Crippen molar-refractivity contribution < 1.29 is 5.11 Å². The van der Waals surface area contributed by atoms with Crippen molar-refractivity contribution in [2.45, 2.75) is 13.0 Å². The molecule has 0 aliphatic heterocycles. The first-order valence-electron chi connectivity index (χ1n) is 4.01. The van der Waals surface area contributed by atoms with Gasteiger partial charge in [0, 0.05) is 6.54 Å². The van der Waals surface area contributed by atoms with Crippen molar-refractivity contribution in [1.82, 2.24) is 4.98 Å². The van der Waals surface area contributed by atoms with Gasteiger partial charge in [-0.1, -0.05) is 6.07 Å². The zero-order chi connectivity index (χ0) is 9.68. The fourth-order valence-corrected chi connectivity index (χ4v) is 0.848. The largest absolute Gasteiger partial charge is 0.392 e. The van der Waals surface area contributed by atoms with E-state index in [1.165, 1.54) is 0 Å². The molecule has 13 heavy (non-hydrogen) atoms. The standard InChI is InChI=1S/C9H11N3O/c1-7(13)6-11-9-4-2-3-8(5-10)12-9/h2-4,7,13H,6H2,1H3,(H,11,12). The van der Waals surface area contributed by atoms with Gasteiger partial charge in [-0.05, 0) is 19.1 Å². The quantitative estimate of drug-likeness (QED) is 0.714. The van der Waals surface area contributed by atoms with E-state index in [-0.39, 0.29) is 0 Å². The molecule has 0 aliphatic rings. The van der Waals surface area contributed by atoms with Crippen molar-refractivity contribution in [3.63, 3.8) is 0 Å². The predicted molar refractivity (Wildman–Crippen MR) is 49.1 cm³/mol. The average Bonchev–Trinajstić information content (AvgIpc) is 2.15. The van der Waals surface area contributed by atoms with Crippen molar-refractivity contribution in [2.75, 3.05) is 11.9 Å². The third kappa shape index (κ3) is 3.09. The molecule has 0 saturated heterocycles.